The highest BCUT2D eigenvalue weighted by Gasteiger charge is 2.26. The molecule has 1 aliphatic rings. The number of aliphatic hydroxyl groups is 1. The molecule has 3 N–H and O–H groups in total. The van der Waals surface area contributed by atoms with E-state index in [-0.39, 0.29) is 24.1 Å². The third-order valence-electron chi connectivity index (χ3n) is 3.39. The van der Waals surface area contributed by atoms with Gasteiger partial charge in [0.15, 0.2) is 0 Å². The van der Waals surface area contributed by atoms with Gasteiger partial charge in [0.05, 0.1) is 5.56 Å². The van der Waals surface area contributed by atoms with E-state index in [1.165, 1.54) is 0 Å². The monoisotopic (exact) mass is 313 g/mol. The van der Waals surface area contributed by atoms with Crippen molar-refractivity contribution in [2.45, 2.75) is 25.3 Å². The van der Waals surface area contributed by atoms with Crippen LogP contribution in [0.25, 0.3) is 0 Å². The summed E-state index contributed by atoms with van der Waals surface area (Å²) in [4.78, 5) is 11.0. The van der Waals surface area contributed by atoms with Crippen molar-refractivity contribution in [3.63, 3.8) is 0 Å². The van der Waals surface area contributed by atoms with E-state index >= 15 is 0 Å². The number of rotatable bonds is 4. The first-order valence-electron chi connectivity index (χ1n) is 6.01. The number of aromatic carboxylic acids is 1. The fraction of sp³-hybridized carbons (Fsp3) is 0.462. The molecule has 0 spiro atoms. The van der Waals surface area contributed by atoms with Gasteiger partial charge in [0.2, 0.25) is 0 Å². The van der Waals surface area contributed by atoms with E-state index in [4.69, 9.17) is 5.11 Å². The van der Waals surface area contributed by atoms with Crippen LogP contribution in [0.4, 0.5) is 5.69 Å². The summed E-state index contributed by atoms with van der Waals surface area (Å²) in [6.07, 6.45) is 3.14. The van der Waals surface area contributed by atoms with Crippen LogP contribution in [-0.2, 0) is 0 Å². The molecule has 1 saturated carbocycles. The Bertz CT molecular complexity index is 450. The van der Waals surface area contributed by atoms with Crippen LogP contribution in [0.2, 0.25) is 0 Å². The first kappa shape index (κ1) is 13.4. The number of carbonyl (C=O) groups is 1. The van der Waals surface area contributed by atoms with Crippen molar-refractivity contribution >= 4 is 27.6 Å². The van der Waals surface area contributed by atoms with Crippen LogP contribution in [-0.4, -0.2) is 28.8 Å². The molecule has 5 heteroatoms. The average molecular weight is 314 g/mol. The first-order valence-corrected chi connectivity index (χ1v) is 6.80. The van der Waals surface area contributed by atoms with Crippen LogP contribution < -0.4 is 5.32 Å². The minimum absolute atomic E-state index is 0.178. The smallest absolute Gasteiger partial charge is 0.335 e. The summed E-state index contributed by atoms with van der Waals surface area (Å²) >= 11 is 3.31. The number of anilines is 1. The quantitative estimate of drug-likeness (QED) is 0.799. The van der Waals surface area contributed by atoms with Gasteiger partial charge in [0, 0.05) is 28.7 Å². The summed E-state index contributed by atoms with van der Waals surface area (Å²) in [6.45, 7) is 0.178. The second-order valence-electron chi connectivity index (χ2n) is 4.66. The molecule has 0 amide bonds. The minimum atomic E-state index is -0.940. The van der Waals surface area contributed by atoms with Crippen LogP contribution in [0.5, 0.6) is 0 Å². The SMILES string of the molecule is O=C(O)c1cc(Br)cc(NC2CCCC2CO)c1. The maximum absolute atomic E-state index is 11.0. The molecule has 1 fully saturated rings. The Morgan fingerprint density at radius 3 is 2.83 bits per heavy atom. The molecule has 1 aromatic rings. The highest BCUT2D eigenvalue weighted by molar-refractivity contribution is 9.10. The van der Waals surface area contributed by atoms with E-state index in [9.17, 15) is 9.90 Å². The van der Waals surface area contributed by atoms with E-state index in [1.807, 2.05) is 6.07 Å². The highest BCUT2D eigenvalue weighted by Crippen LogP contribution is 2.29. The lowest BCUT2D eigenvalue weighted by molar-refractivity contribution is 0.0697. The number of carboxylic acid groups (broad SMARTS) is 1. The second kappa shape index (κ2) is 5.71. The van der Waals surface area contributed by atoms with Gasteiger partial charge in [-0.05, 0) is 31.0 Å². The molecule has 2 rings (SSSR count). The van der Waals surface area contributed by atoms with Crippen molar-refractivity contribution in [3.05, 3.63) is 28.2 Å². The zero-order valence-electron chi connectivity index (χ0n) is 9.90. The van der Waals surface area contributed by atoms with Gasteiger partial charge in [0.1, 0.15) is 0 Å². The van der Waals surface area contributed by atoms with Crippen molar-refractivity contribution in [3.8, 4) is 0 Å². The van der Waals surface area contributed by atoms with E-state index in [0.717, 1.165) is 29.4 Å². The maximum atomic E-state index is 11.0. The number of nitrogens with one attached hydrogen (secondary N) is 1. The summed E-state index contributed by atoms with van der Waals surface area (Å²) < 4.78 is 0.739. The molecule has 2 atom stereocenters. The Balaban J connectivity index is 2.16. The minimum Gasteiger partial charge on any atom is -0.478 e. The first-order chi connectivity index (χ1) is 8.60. The third kappa shape index (κ3) is 3.03. The van der Waals surface area contributed by atoms with Crippen LogP contribution in [0, 0.1) is 5.92 Å². The summed E-state index contributed by atoms with van der Waals surface area (Å²) in [5.41, 5.74) is 1.04. The van der Waals surface area contributed by atoms with Gasteiger partial charge in [-0.2, -0.15) is 0 Å². The molecule has 0 heterocycles. The Morgan fingerprint density at radius 2 is 2.17 bits per heavy atom. The molecule has 18 heavy (non-hydrogen) atoms. The van der Waals surface area contributed by atoms with Crippen molar-refractivity contribution < 1.29 is 15.0 Å². The lowest BCUT2D eigenvalue weighted by Gasteiger charge is -2.20. The van der Waals surface area contributed by atoms with Gasteiger partial charge < -0.3 is 15.5 Å². The fourth-order valence-electron chi connectivity index (χ4n) is 2.46. The molecule has 0 bridgehead atoms. The Kier molecular flexibility index (Phi) is 4.24. The zero-order chi connectivity index (χ0) is 13.1. The van der Waals surface area contributed by atoms with Crippen LogP contribution in [0.1, 0.15) is 29.6 Å². The van der Waals surface area contributed by atoms with Crippen LogP contribution in [0.15, 0.2) is 22.7 Å². The molecule has 0 aliphatic heterocycles. The molecule has 0 saturated heterocycles. The molecule has 4 nitrogen and oxygen atoms in total. The number of halogens is 1. The van der Waals surface area contributed by atoms with Gasteiger partial charge in [0.25, 0.3) is 0 Å². The Morgan fingerprint density at radius 1 is 1.39 bits per heavy atom. The van der Waals surface area contributed by atoms with Gasteiger partial charge in [-0.25, -0.2) is 4.79 Å². The maximum Gasteiger partial charge on any atom is 0.335 e. The Hall–Kier alpha value is -1.07. The topological polar surface area (TPSA) is 69.6 Å². The van der Waals surface area contributed by atoms with Crippen molar-refractivity contribution in [2.75, 3.05) is 11.9 Å². The van der Waals surface area contributed by atoms with Gasteiger partial charge >= 0.3 is 5.97 Å². The van der Waals surface area contributed by atoms with E-state index in [0.29, 0.717) is 0 Å². The molecule has 1 aliphatic carbocycles. The molecular weight excluding hydrogens is 298 g/mol. The zero-order valence-corrected chi connectivity index (χ0v) is 11.5. The highest BCUT2D eigenvalue weighted by atomic mass is 79.9. The summed E-state index contributed by atoms with van der Waals surface area (Å²) in [5, 5.41) is 21.6. The lowest BCUT2D eigenvalue weighted by atomic mass is 10.0. The van der Waals surface area contributed by atoms with Gasteiger partial charge in [-0.1, -0.05) is 22.4 Å². The Labute approximate surface area is 114 Å². The molecule has 0 aromatic heterocycles. The number of hydrogen-bond donors (Lipinski definition) is 3. The second-order valence-corrected chi connectivity index (χ2v) is 5.57. The number of hydrogen-bond acceptors (Lipinski definition) is 3. The number of carboxylic acids is 1. The van der Waals surface area contributed by atoms with Crippen molar-refractivity contribution in [1.82, 2.24) is 0 Å². The number of benzene rings is 1. The molecule has 1 aromatic carbocycles. The van der Waals surface area contributed by atoms with Gasteiger partial charge in [-0.3, -0.25) is 0 Å². The lowest BCUT2D eigenvalue weighted by Crippen LogP contribution is -2.26. The summed E-state index contributed by atoms with van der Waals surface area (Å²) in [5.74, 6) is -0.679. The molecular formula is C13H16BrNO3. The largest absolute Gasteiger partial charge is 0.478 e. The predicted molar refractivity (Wildman–Crippen MR) is 72.9 cm³/mol. The van der Waals surface area contributed by atoms with E-state index in [1.54, 1.807) is 12.1 Å². The van der Waals surface area contributed by atoms with Gasteiger partial charge in [-0.15, -0.1) is 0 Å². The molecule has 98 valence electrons. The van der Waals surface area contributed by atoms with E-state index < -0.39 is 5.97 Å². The van der Waals surface area contributed by atoms with Crippen molar-refractivity contribution in [1.29, 1.82) is 0 Å². The van der Waals surface area contributed by atoms with Crippen LogP contribution >= 0.6 is 15.9 Å². The normalized spacial score (nSPS) is 23.0. The molecule has 2 unspecified atom stereocenters. The van der Waals surface area contributed by atoms with E-state index in [2.05, 4.69) is 21.2 Å². The molecule has 0 radical (unpaired) electrons. The summed E-state index contributed by atoms with van der Waals surface area (Å²) in [6, 6.07) is 5.29. The number of aliphatic hydroxyl groups excluding tert-OH is 1. The third-order valence-corrected chi connectivity index (χ3v) is 3.85. The fourth-order valence-corrected chi connectivity index (χ4v) is 2.95. The average Bonchev–Trinajstić information content (AvgIpc) is 2.75. The predicted octanol–water partition coefficient (Wildman–Crippen LogP) is 2.72. The van der Waals surface area contributed by atoms with Crippen molar-refractivity contribution in [2.24, 2.45) is 5.92 Å². The standard InChI is InChI=1S/C13H16BrNO3/c14-10-4-9(13(17)18)5-11(6-10)15-12-3-1-2-8(12)7-16/h4-6,8,12,15-16H,1-3,7H2,(H,17,18). The van der Waals surface area contributed by atoms with Crippen LogP contribution in [0.3, 0.4) is 0 Å². The summed E-state index contributed by atoms with van der Waals surface area (Å²) in [7, 11) is 0.